The second-order valence-electron chi connectivity index (χ2n) is 5.29. The fraction of sp³-hybridized carbons (Fsp3) is 0.583. The first-order valence-electron chi connectivity index (χ1n) is 6.26. The van der Waals surface area contributed by atoms with Gasteiger partial charge in [-0.2, -0.15) is 9.61 Å². The molecular formula is C12H15N5. The van der Waals surface area contributed by atoms with E-state index in [1.807, 2.05) is 16.6 Å². The van der Waals surface area contributed by atoms with Crippen LogP contribution in [-0.4, -0.2) is 25.9 Å². The van der Waals surface area contributed by atoms with Gasteiger partial charge < -0.3 is 5.73 Å². The van der Waals surface area contributed by atoms with Crippen LogP contribution in [0.2, 0.25) is 0 Å². The first kappa shape index (κ1) is 9.53. The van der Waals surface area contributed by atoms with Gasteiger partial charge in [0.1, 0.15) is 0 Å². The molecule has 0 aliphatic heterocycles. The van der Waals surface area contributed by atoms with Crippen molar-refractivity contribution in [3.8, 4) is 0 Å². The number of aromatic nitrogens is 4. The van der Waals surface area contributed by atoms with Crippen LogP contribution >= 0.6 is 0 Å². The Morgan fingerprint density at radius 1 is 1.24 bits per heavy atom. The molecule has 88 valence electrons. The van der Waals surface area contributed by atoms with E-state index in [1.165, 1.54) is 19.3 Å². The Bertz CT molecular complexity index is 561. The van der Waals surface area contributed by atoms with Crippen LogP contribution in [0.5, 0.6) is 0 Å². The lowest BCUT2D eigenvalue weighted by Gasteiger charge is -2.26. The predicted octanol–water partition coefficient (Wildman–Crippen LogP) is 0.965. The third-order valence-electron chi connectivity index (χ3n) is 4.48. The Morgan fingerprint density at radius 3 is 2.94 bits per heavy atom. The highest BCUT2D eigenvalue weighted by Gasteiger charge is 2.48. The van der Waals surface area contributed by atoms with Gasteiger partial charge in [0.15, 0.2) is 11.5 Å². The molecule has 2 fully saturated rings. The van der Waals surface area contributed by atoms with Gasteiger partial charge in [-0.05, 0) is 43.2 Å². The summed E-state index contributed by atoms with van der Waals surface area (Å²) in [6.45, 7) is 0. The van der Waals surface area contributed by atoms with Crippen LogP contribution in [0.15, 0.2) is 18.3 Å². The highest BCUT2D eigenvalue weighted by molar-refractivity contribution is 5.36. The maximum Gasteiger partial charge on any atom is 0.177 e. The summed E-state index contributed by atoms with van der Waals surface area (Å²) in [4.78, 5) is 0. The van der Waals surface area contributed by atoms with Gasteiger partial charge in [-0.3, -0.25) is 0 Å². The van der Waals surface area contributed by atoms with Crippen molar-refractivity contribution in [3.63, 3.8) is 0 Å². The number of fused-ring (bicyclic) bond motifs is 3. The lowest BCUT2D eigenvalue weighted by atomic mass is 9.84. The maximum atomic E-state index is 6.34. The van der Waals surface area contributed by atoms with Crippen molar-refractivity contribution < 1.29 is 0 Å². The lowest BCUT2D eigenvalue weighted by molar-refractivity contribution is 0.350. The molecule has 2 aliphatic rings. The van der Waals surface area contributed by atoms with Crippen LogP contribution < -0.4 is 5.73 Å². The van der Waals surface area contributed by atoms with E-state index in [0.29, 0.717) is 17.8 Å². The average molecular weight is 229 g/mol. The van der Waals surface area contributed by atoms with Gasteiger partial charge in [-0.15, -0.1) is 10.2 Å². The largest absolute Gasteiger partial charge is 0.327 e. The van der Waals surface area contributed by atoms with Crippen molar-refractivity contribution >= 4 is 5.65 Å². The van der Waals surface area contributed by atoms with Crippen molar-refractivity contribution in [2.45, 2.75) is 31.2 Å². The molecule has 2 aromatic heterocycles. The fourth-order valence-corrected chi connectivity index (χ4v) is 3.69. The van der Waals surface area contributed by atoms with E-state index in [9.17, 15) is 0 Å². The fourth-order valence-electron chi connectivity index (χ4n) is 3.69. The van der Waals surface area contributed by atoms with Crippen LogP contribution in [0.4, 0.5) is 0 Å². The molecule has 2 aromatic rings. The van der Waals surface area contributed by atoms with Crippen molar-refractivity contribution in [3.05, 3.63) is 24.2 Å². The average Bonchev–Trinajstić information content (AvgIpc) is 3.02. The van der Waals surface area contributed by atoms with E-state index < -0.39 is 0 Å². The molecule has 0 spiro atoms. The van der Waals surface area contributed by atoms with E-state index in [0.717, 1.165) is 11.5 Å². The second-order valence-corrected chi connectivity index (χ2v) is 5.29. The summed E-state index contributed by atoms with van der Waals surface area (Å²) < 4.78 is 1.85. The summed E-state index contributed by atoms with van der Waals surface area (Å²) >= 11 is 0. The van der Waals surface area contributed by atoms with E-state index in [1.54, 1.807) is 6.20 Å². The summed E-state index contributed by atoms with van der Waals surface area (Å²) in [6.07, 6.45) is 5.60. The van der Waals surface area contributed by atoms with Crippen LogP contribution in [0.1, 0.15) is 31.0 Å². The molecule has 4 rings (SSSR count). The quantitative estimate of drug-likeness (QED) is 0.791. The third kappa shape index (κ3) is 1.20. The highest BCUT2D eigenvalue weighted by atomic mass is 15.4. The summed E-state index contributed by atoms with van der Waals surface area (Å²) in [6, 6.07) is 4.06. The number of rotatable bonds is 1. The Balaban J connectivity index is 1.84. The monoisotopic (exact) mass is 229 g/mol. The molecule has 4 atom stereocenters. The molecule has 2 N–H and O–H groups in total. The number of hydrogen-bond donors (Lipinski definition) is 1. The Kier molecular flexibility index (Phi) is 1.83. The van der Waals surface area contributed by atoms with Gasteiger partial charge >= 0.3 is 0 Å². The molecule has 0 aromatic carbocycles. The van der Waals surface area contributed by atoms with Crippen LogP contribution in [0.25, 0.3) is 5.65 Å². The Morgan fingerprint density at radius 2 is 2.12 bits per heavy atom. The van der Waals surface area contributed by atoms with Crippen molar-refractivity contribution in [1.82, 2.24) is 19.8 Å². The van der Waals surface area contributed by atoms with Gasteiger partial charge in [-0.1, -0.05) is 0 Å². The van der Waals surface area contributed by atoms with E-state index >= 15 is 0 Å². The molecule has 17 heavy (non-hydrogen) atoms. The molecule has 0 radical (unpaired) electrons. The molecule has 2 aliphatic carbocycles. The van der Waals surface area contributed by atoms with Crippen molar-refractivity contribution in [2.24, 2.45) is 17.6 Å². The van der Waals surface area contributed by atoms with Crippen LogP contribution in [0.3, 0.4) is 0 Å². The van der Waals surface area contributed by atoms with Gasteiger partial charge in [0.25, 0.3) is 0 Å². The summed E-state index contributed by atoms with van der Waals surface area (Å²) in [5.41, 5.74) is 7.15. The zero-order valence-corrected chi connectivity index (χ0v) is 9.53. The third-order valence-corrected chi connectivity index (χ3v) is 4.48. The van der Waals surface area contributed by atoms with Crippen LogP contribution in [-0.2, 0) is 0 Å². The molecule has 5 heteroatoms. The highest BCUT2D eigenvalue weighted by Crippen LogP contribution is 2.51. The van der Waals surface area contributed by atoms with E-state index in [2.05, 4.69) is 15.3 Å². The van der Waals surface area contributed by atoms with Gasteiger partial charge in [-0.25, -0.2) is 0 Å². The molecule has 2 bridgehead atoms. The second kappa shape index (κ2) is 3.26. The summed E-state index contributed by atoms with van der Waals surface area (Å²) in [5, 5.41) is 12.8. The van der Waals surface area contributed by atoms with Crippen LogP contribution in [0, 0.1) is 11.8 Å². The molecule has 0 amide bonds. The molecule has 2 heterocycles. The molecule has 0 saturated heterocycles. The molecule has 5 nitrogen and oxygen atoms in total. The standard InChI is InChI=1S/C12H15N5/c13-11-8-4-3-7(6-8)10(11)12-16-15-9-2-1-5-14-17(9)12/h1-2,5,7-8,10-11H,3-4,6,13H2. The first-order valence-corrected chi connectivity index (χ1v) is 6.26. The van der Waals surface area contributed by atoms with E-state index in [-0.39, 0.29) is 6.04 Å². The molecular weight excluding hydrogens is 214 g/mol. The normalized spacial score (nSPS) is 35.8. The van der Waals surface area contributed by atoms with Crippen molar-refractivity contribution in [2.75, 3.05) is 0 Å². The topological polar surface area (TPSA) is 69.1 Å². The Hall–Kier alpha value is -1.49. The SMILES string of the molecule is NC1C2CCC(C2)C1c1nnc2cccnn12. The lowest BCUT2D eigenvalue weighted by Crippen LogP contribution is -2.35. The van der Waals surface area contributed by atoms with Crippen molar-refractivity contribution in [1.29, 1.82) is 0 Å². The number of nitrogens with two attached hydrogens (primary N) is 1. The number of nitrogens with zero attached hydrogens (tertiary/aromatic N) is 4. The Labute approximate surface area is 99.0 Å². The van der Waals surface area contributed by atoms with Gasteiger partial charge in [0, 0.05) is 18.2 Å². The predicted molar refractivity (Wildman–Crippen MR) is 62.3 cm³/mol. The summed E-state index contributed by atoms with van der Waals surface area (Å²) in [5.74, 6) is 2.67. The zero-order valence-electron chi connectivity index (χ0n) is 9.53. The first-order chi connectivity index (χ1) is 8.34. The zero-order chi connectivity index (χ0) is 11.4. The number of hydrogen-bond acceptors (Lipinski definition) is 4. The minimum Gasteiger partial charge on any atom is -0.327 e. The van der Waals surface area contributed by atoms with Gasteiger partial charge in [0.05, 0.1) is 0 Å². The molecule has 4 unspecified atom stereocenters. The maximum absolute atomic E-state index is 6.34. The summed E-state index contributed by atoms with van der Waals surface area (Å²) in [7, 11) is 0. The minimum atomic E-state index is 0.239. The molecule has 2 saturated carbocycles. The minimum absolute atomic E-state index is 0.239. The van der Waals surface area contributed by atoms with E-state index in [4.69, 9.17) is 5.73 Å². The van der Waals surface area contributed by atoms with Gasteiger partial charge in [0.2, 0.25) is 0 Å². The smallest absolute Gasteiger partial charge is 0.177 e.